The smallest absolute Gasteiger partial charge is 0.338 e. The Balaban J connectivity index is 1.91. The molecule has 2 unspecified atom stereocenters. The summed E-state index contributed by atoms with van der Waals surface area (Å²) >= 11 is 0. The highest BCUT2D eigenvalue weighted by molar-refractivity contribution is 5.92. The highest BCUT2D eigenvalue weighted by Crippen LogP contribution is 2.12. The molecule has 0 aromatic heterocycles. The number of nitrogens with one attached hydrogen (secondary N) is 1. The van der Waals surface area contributed by atoms with Crippen molar-refractivity contribution in [1.82, 2.24) is 5.32 Å². The van der Waals surface area contributed by atoms with Gasteiger partial charge in [-0.3, -0.25) is 4.79 Å². The maximum atomic E-state index is 12.2. The van der Waals surface area contributed by atoms with Crippen molar-refractivity contribution < 1.29 is 14.3 Å². The number of hydrogen-bond donors (Lipinski definition) is 1. The second-order valence-electron chi connectivity index (χ2n) is 5.74. The van der Waals surface area contributed by atoms with E-state index < -0.39 is 12.1 Å². The first-order chi connectivity index (χ1) is 11.5. The van der Waals surface area contributed by atoms with Gasteiger partial charge in [-0.15, -0.1) is 0 Å². The Hall–Kier alpha value is -2.62. The van der Waals surface area contributed by atoms with Crippen LogP contribution in [0.3, 0.4) is 0 Å². The van der Waals surface area contributed by atoms with E-state index in [0.717, 1.165) is 17.5 Å². The van der Waals surface area contributed by atoms with Gasteiger partial charge < -0.3 is 10.1 Å². The maximum absolute atomic E-state index is 12.2. The average Bonchev–Trinajstić information content (AvgIpc) is 2.62. The van der Waals surface area contributed by atoms with Crippen molar-refractivity contribution >= 4 is 11.9 Å². The molecule has 4 heteroatoms. The van der Waals surface area contributed by atoms with Crippen molar-refractivity contribution in [3.8, 4) is 0 Å². The van der Waals surface area contributed by atoms with E-state index in [1.54, 1.807) is 19.1 Å². The molecule has 4 nitrogen and oxygen atoms in total. The van der Waals surface area contributed by atoms with E-state index >= 15 is 0 Å². The Morgan fingerprint density at radius 1 is 1.00 bits per heavy atom. The molecule has 0 heterocycles. The summed E-state index contributed by atoms with van der Waals surface area (Å²) in [6, 6.07) is 16.7. The number of benzene rings is 2. The Kier molecular flexibility index (Phi) is 6.13. The molecule has 2 rings (SSSR count). The van der Waals surface area contributed by atoms with Gasteiger partial charge in [0.25, 0.3) is 5.91 Å². The number of carbonyl (C=O) groups excluding carboxylic acids is 2. The number of rotatable bonds is 6. The molecule has 2 atom stereocenters. The SMILES string of the molecule is CCc1ccc(C(=O)OC(C)C(=O)NC(C)c2ccccc2)cc1. The normalized spacial score (nSPS) is 13.0. The van der Waals surface area contributed by atoms with Crippen molar-refractivity contribution in [2.24, 2.45) is 0 Å². The fourth-order valence-electron chi connectivity index (χ4n) is 2.31. The van der Waals surface area contributed by atoms with Crippen LogP contribution >= 0.6 is 0 Å². The van der Waals surface area contributed by atoms with Crippen LogP contribution in [0.1, 0.15) is 48.3 Å². The van der Waals surface area contributed by atoms with Crippen molar-refractivity contribution in [2.75, 3.05) is 0 Å². The Labute approximate surface area is 142 Å². The summed E-state index contributed by atoms with van der Waals surface area (Å²) in [5.41, 5.74) is 2.59. The standard InChI is InChI=1S/C20H23NO3/c1-4-16-10-12-18(13-11-16)20(23)24-15(3)19(22)21-14(2)17-8-6-5-7-9-17/h5-15H,4H2,1-3H3,(H,21,22). The quantitative estimate of drug-likeness (QED) is 0.825. The van der Waals surface area contributed by atoms with Gasteiger partial charge in [-0.05, 0) is 43.5 Å². The van der Waals surface area contributed by atoms with Crippen LogP contribution in [0.2, 0.25) is 0 Å². The van der Waals surface area contributed by atoms with E-state index in [0.29, 0.717) is 5.56 Å². The molecule has 24 heavy (non-hydrogen) atoms. The van der Waals surface area contributed by atoms with Gasteiger partial charge in [0, 0.05) is 0 Å². The molecule has 1 amide bonds. The van der Waals surface area contributed by atoms with Crippen LogP contribution < -0.4 is 5.32 Å². The summed E-state index contributed by atoms with van der Waals surface area (Å²) < 4.78 is 5.26. The third-order valence-corrected chi connectivity index (χ3v) is 3.91. The number of esters is 1. The Morgan fingerprint density at radius 2 is 1.62 bits per heavy atom. The Morgan fingerprint density at radius 3 is 2.21 bits per heavy atom. The third kappa shape index (κ3) is 4.69. The molecule has 0 aliphatic rings. The molecule has 0 bridgehead atoms. The molecule has 0 radical (unpaired) electrons. The van der Waals surface area contributed by atoms with Gasteiger partial charge in [0.15, 0.2) is 6.10 Å². The maximum Gasteiger partial charge on any atom is 0.338 e. The van der Waals surface area contributed by atoms with Crippen molar-refractivity contribution in [2.45, 2.75) is 39.3 Å². The van der Waals surface area contributed by atoms with E-state index in [1.807, 2.05) is 56.3 Å². The van der Waals surface area contributed by atoms with Crippen LogP contribution in [0.25, 0.3) is 0 Å². The second-order valence-corrected chi connectivity index (χ2v) is 5.74. The summed E-state index contributed by atoms with van der Waals surface area (Å²) in [6.07, 6.45) is 0.0559. The number of hydrogen-bond acceptors (Lipinski definition) is 3. The fourth-order valence-corrected chi connectivity index (χ4v) is 2.31. The minimum atomic E-state index is -0.852. The predicted octanol–water partition coefficient (Wildman–Crippen LogP) is 3.67. The largest absolute Gasteiger partial charge is 0.449 e. The zero-order valence-electron chi connectivity index (χ0n) is 14.3. The van der Waals surface area contributed by atoms with Crippen LogP contribution in [0.15, 0.2) is 54.6 Å². The molecule has 0 fully saturated rings. The first-order valence-corrected chi connectivity index (χ1v) is 8.16. The first kappa shape index (κ1) is 17.7. The average molecular weight is 325 g/mol. The van der Waals surface area contributed by atoms with Gasteiger partial charge in [-0.2, -0.15) is 0 Å². The van der Waals surface area contributed by atoms with Crippen LogP contribution in [0, 0.1) is 0 Å². The summed E-state index contributed by atoms with van der Waals surface area (Å²) in [4.78, 5) is 24.3. The minimum Gasteiger partial charge on any atom is -0.449 e. The molecule has 0 aliphatic heterocycles. The molecule has 0 saturated heterocycles. The molecular formula is C20H23NO3. The summed E-state index contributed by atoms with van der Waals surface area (Å²) in [5, 5.41) is 2.85. The molecule has 0 spiro atoms. The van der Waals surface area contributed by atoms with Crippen molar-refractivity contribution in [3.63, 3.8) is 0 Å². The van der Waals surface area contributed by atoms with Gasteiger partial charge in [0.2, 0.25) is 0 Å². The zero-order chi connectivity index (χ0) is 17.5. The highest BCUT2D eigenvalue weighted by Gasteiger charge is 2.20. The molecule has 2 aromatic carbocycles. The van der Waals surface area contributed by atoms with Crippen molar-refractivity contribution in [1.29, 1.82) is 0 Å². The molecule has 1 N–H and O–H groups in total. The van der Waals surface area contributed by atoms with E-state index in [4.69, 9.17) is 4.74 Å². The molecule has 0 aliphatic carbocycles. The van der Waals surface area contributed by atoms with E-state index in [9.17, 15) is 9.59 Å². The lowest BCUT2D eigenvalue weighted by Gasteiger charge is -2.18. The lowest BCUT2D eigenvalue weighted by molar-refractivity contribution is -0.129. The van der Waals surface area contributed by atoms with Crippen molar-refractivity contribution in [3.05, 3.63) is 71.3 Å². The summed E-state index contributed by atoms with van der Waals surface area (Å²) in [5.74, 6) is -0.808. The lowest BCUT2D eigenvalue weighted by atomic mass is 10.1. The third-order valence-electron chi connectivity index (χ3n) is 3.91. The number of amides is 1. The molecule has 2 aromatic rings. The number of aryl methyl sites for hydroxylation is 1. The van der Waals surface area contributed by atoms with Gasteiger partial charge in [0.05, 0.1) is 11.6 Å². The van der Waals surface area contributed by atoms with E-state index in [2.05, 4.69) is 5.32 Å². The van der Waals surface area contributed by atoms with E-state index in [-0.39, 0.29) is 11.9 Å². The molecular weight excluding hydrogens is 302 g/mol. The highest BCUT2D eigenvalue weighted by atomic mass is 16.5. The lowest BCUT2D eigenvalue weighted by Crippen LogP contribution is -2.37. The van der Waals surface area contributed by atoms with Crippen LogP contribution in [0.5, 0.6) is 0 Å². The minimum absolute atomic E-state index is 0.149. The Bertz CT molecular complexity index is 680. The van der Waals surface area contributed by atoms with Gasteiger partial charge in [-0.25, -0.2) is 4.79 Å². The second kappa shape index (κ2) is 8.29. The molecule has 126 valence electrons. The number of carbonyl (C=O) groups is 2. The topological polar surface area (TPSA) is 55.4 Å². The summed E-state index contributed by atoms with van der Waals surface area (Å²) in [7, 11) is 0. The van der Waals surface area contributed by atoms with Gasteiger partial charge >= 0.3 is 5.97 Å². The van der Waals surface area contributed by atoms with Crippen LogP contribution in [0.4, 0.5) is 0 Å². The van der Waals surface area contributed by atoms with Crippen LogP contribution in [-0.4, -0.2) is 18.0 Å². The summed E-state index contributed by atoms with van der Waals surface area (Å²) in [6.45, 7) is 5.52. The first-order valence-electron chi connectivity index (χ1n) is 8.16. The van der Waals surface area contributed by atoms with Gasteiger partial charge in [0.1, 0.15) is 0 Å². The van der Waals surface area contributed by atoms with Gasteiger partial charge in [-0.1, -0.05) is 49.4 Å². The fraction of sp³-hybridized carbons (Fsp3) is 0.300. The number of ether oxygens (including phenoxy) is 1. The zero-order valence-corrected chi connectivity index (χ0v) is 14.3. The molecule has 0 saturated carbocycles. The van der Waals surface area contributed by atoms with Crippen LogP contribution in [-0.2, 0) is 16.0 Å². The predicted molar refractivity (Wildman–Crippen MR) is 93.7 cm³/mol. The van der Waals surface area contributed by atoms with E-state index in [1.165, 1.54) is 0 Å². The monoisotopic (exact) mass is 325 g/mol.